The highest BCUT2D eigenvalue weighted by Crippen LogP contribution is 2.25. The van der Waals surface area contributed by atoms with E-state index in [0.717, 1.165) is 23.1 Å². The third-order valence-corrected chi connectivity index (χ3v) is 5.75. The topological polar surface area (TPSA) is 62.6 Å². The largest absolute Gasteiger partial charge is 0.459 e. The quantitative estimate of drug-likeness (QED) is 0.479. The Kier molecular flexibility index (Phi) is 5.30. The minimum Gasteiger partial charge on any atom is -0.459 e. The van der Waals surface area contributed by atoms with Gasteiger partial charge in [0.1, 0.15) is 0 Å². The smallest absolute Gasteiger partial charge is 0.289 e. The zero-order valence-electron chi connectivity index (χ0n) is 17.5. The Balaban J connectivity index is 1.29. The Labute approximate surface area is 186 Å². The molecule has 0 aliphatic carbocycles. The molecule has 0 bridgehead atoms. The van der Waals surface area contributed by atoms with E-state index < -0.39 is 0 Å². The molecule has 1 aliphatic heterocycles. The molecule has 5 rings (SSSR count). The minimum atomic E-state index is -0.163. The van der Waals surface area contributed by atoms with Crippen LogP contribution in [0.15, 0.2) is 95.6 Å². The first-order chi connectivity index (χ1) is 15.7. The van der Waals surface area contributed by atoms with Gasteiger partial charge in [-0.25, -0.2) is 0 Å². The van der Waals surface area contributed by atoms with Crippen molar-refractivity contribution in [3.63, 3.8) is 0 Å². The van der Waals surface area contributed by atoms with Gasteiger partial charge in [-0.05, 0) is 65.1 Å². The molecule has 0 fully saturated rings. The van der Waals surface area contributed by atoms with Crippen LogP contribution >= 0.6 is 0 Å². The summed E-state index contributed by atoms with van der Waals surface area (Å²) in [6, 6.07) is 26.9. The maximum Gasteiger partial charge on any atom is 0.289 e. The molecule has 32 heavy (non-hydrogen) atoms. The van der Waals surface area contributed by atoms with E-state index >= 15 is 0 Å². The lowest BCUT2D eigenvalue weighted by molar-refractivity contribution is 0.0702. The van der Waals surface area contributed by atoms with Crippen molar-refractivity contribution in [2.75, 3.05) is 11.9 Å². The fourth-order valence-electron chi connectivity index (χ4n) is 4.01. The van der Waals surface area contributed by atoms with Crippen molar-refractivity contribution >= 4 is 17.5 Å². The highest BCUT2D eigenvalue weighted by atomic mass is 16.3. The number of carbonyl (C=O) groups is 2. The zero-order chi connectivity index (χ0) is 21.9. The molecule has 1 aromatic heterocycles. The molecule has 5 nitrogen and oxygen atoms in total. The minimum absolute atomic E-state index is 0.117. The lowest BCUT2D eigenvalue weighted by atomic mass is 9.98. The van der Waals surface area contributed by atoms with Crippen LogP contribution in [0.4, 0.5) is 5.69 Å². The number of hydrogen-bond acceptors (Lipinski definition) is 3. The normalized spacial score (nSPS) is 12.8. The Morgan fingerprint density at radius 2 is 1.59 bits per heavy atom. The molecular weight excluding hydrogens is 400 g/mol. The van der Waals surface area contributed by atoms with Crippen LogP contribution in [0.1, 0.15) is 32.0 Å². The van der Waals surface area contributed by atoms with Gasteiger partial charge in [0.15, 0.2) is 5.76 Å². The summed E-state index contributed by atoms with van der Waals surface area (Å²) < 4.78 is 5.25. The van der Waals surface area contributed by atoms with Gasteiger partial charge in [-0.3, -0.25) is 9.59 Å². The van der Waals surface area contributed by atoms with Crippen LogP contribution in [0, 0.1) is 0 Å². The fourth-order valence-corrected chi connectivity index (χ4v) is 4.01. The van der Waals surface area contributed by atoms with Gasteiger partial charge in [-0.15, -0.1) is 0 Å². The summed E-state index contributed by atoms with van der Waals surface area (Å²) in [5, 5.41) is 2.98. The molecule has 0 saturated heterocycles. The number of nitrogens with zero attached hydrogens (tertiary/aromatic N) is 1. The third-order valence-electron chi connectivity index (χ3n) is 5.75. The number of furan rings is 1. The molecular formula is C27H22N2O3. The molecule has 2 heterocycles. The summed E-state index contributed by atoms with van der Waals surface area (Å²) in [6.07, 6.45) is 2.28. The van der Waals surface area contributed by atoms with Crippen LogP contribution in [0.5, 0.6) is 0 Å². The van der Waals surface area contributed by atoms with Crippen LogP contribution in [0.25, 0.3) is 11.1 Å². The molecule has 3 aromatic carbocycles. The van der Waals surface area contributed by atoms with Gasteiger partial charge in [-0.2, -0.15) is 0 Å². The number of anilines is 1. The van der Waals surface area contributed by atoms with E-state index in [1.54, 1.807) is 17.0 Å². The molecule has 0 saturated carbocycles. The summed E-state index contributed by atoms with van der Waals surface area (Å²) in [4.78, 5) is 27.2. The van der Waals surface area contributed by atoms with E-state index in [1.807, 2.05) is 72.8 Å². The monoisotopic (exact) mass is 422 g/mol. The highest BCUT2D eigenvalue weighted by Gasteiger charge is 2.23. The SMILES string of the molecule is O=C(Nc1ccc2c(c1)CN(C(=O)c1ccco1)CC2)c1ccc(-c2ccccc2)cc1. The molecule has 2 amide bonds. The van der Waals surface area contributed by atoms with E-state index in [1.165, 1.54) is 11.8 Å². The van der Waals surface area contributed by atoms with Crippen molar-refractivity contribution in [3.05, 3.63) is 114 Å². The number of hydrogen-bond donors (Lipinski definition) is 1. The molecule has 4 aromatic rings. The van der Waals surface area contributed by atoms with Crippen LogP contribution in [0.2, 0.25) is 0 Å². The van der Waals surface area contributed by atoms with Crippen LogP contribution < -0.4 is 5.32 Å². The summed E-state index contributed by atoms with van der Waals surface area (Å²) >= 11 is 0. The first-order valence-corrected chi connectivity index (χ1v) is 10.6. The van der Waals surface area contributed by atoms with E-state index in [-0.39, 0.29) is 11.8 Å². The van der Waals surface area contributed by atoms with Gasteiger partial charge in [0.2, 0.25) is 0 Å². The number of amides is 2. The van der Waals surface area contributed by atoms with Crippen LogP contribution in [-0.2, 0) is 13.0 Å². The Morgan fingerprint density at radius 3 is 2.34 bits per heavy atom. The second kappa shape index (κ2) is 8.55. The number of nitrogens with one attached hydrogen (secondary N) is 1. The maximum absolute atomic E-state index is 12.8. The van der Waals surface area contributed by atoms with Gasteiger partial charge in [0.05, 0.1) is 6.26 Å². The van der Waals surface area contributed by atoms with Crippen molar-refractivity contribution in [2.24, 2.45) is 0 Å². The predicted octanol–water partition coefficient (Wildman–Crippen LogP) is 5.40. The number of benzene rings is 3. The van der Waals surface area contributed by atoms with Crippen molar-refractivity contribution in [3.8, 4) is 11.1 Å². The van der Waals surface area contributed by atoms with E-state index in [9.17, 15) is 9.59 Å². The molecule has 0 unspecified atom stereocenters. The van der Waals surface area contributed by atoms with Gasteiger partial charge in [0, 0.05) is 24.3 Å². The maximum atomic E-state index is 12.8. The molecule has 0 spiro atoms. The van der Waals surface area contributed by atoms with E-state index in [4.69, 9.17) is 4.42 Å². The summed E-state index contributed by atoms with van der Waals surface area (Å²) in [7, 11) is 0. The number of carbonyl (C=O) groups excluding carboxylic acids is 2. The van der Waals surface area contributed by atoms with Crippen molar-refractivity contribution in [1.82, 2.24) is 4.90 Å². The number of rotatable bonds is 4. The van der Waals surface area contributed by atoms with Gasteiger partial charge in [0.25, 0.3) is 11.8 Å². The predicted molar refractivity (Wildman–Crippen MR) is 123 cm³/mol. The average molecular weight is 422 g/mol. The van der Waals surface area contributed by atoms with Gasteiger partial charge < -0.3 is 14.6 Å². The standard InChI is InChI=1S/C27H22N2O3/c30-26(22-10-8-20(9-11-22)19-5-2-1-3-6-19)28-24-13-12-21-14-15-29(18-23(21)17-24)27(31)25-7-4-16-32-25/h1-13,16-17H,14-15,18H2,(H,28,30). The van der Waals surface area contributed by atoms with Crippen LogP contribution in [-0.4, -0.2) is 23.3 Å². The first kappa shape index (κ1) is 19.8. The third kappa shape index (κ3) is 4.05. The van der Waals surface area contributed by atoms with Gasteiger partial charge >= 0.3 is 0 Å². The lowest BCUT2D eigenvalue weighted by Crippen LogP contribution is -2.35. The second-order valence-corrected chi connectivity index (χ2v) is 7.83. The van der Waals surface area contributed by atoms with Crippen molar-refractivity contribution in [2.45, 2.75) is 13.0 Å². The number of fused-ring (bicyclic) bond motifs is 1. The molecule has 1 N–H and O–H groups in total. The Hall–Kier alpha value is -4.12. The Bertz CT molecular complexity index is 1250. The molecule has 1 aliphatic rings. The van der Waals surface area contributed by atoms with E-state index in [2.05, 4.69) is 5.32 Å². The van der Waals surface area contributed by atoms with Crippen molar-refractivity contribution in [1.29, 1.82) is 0 Å². The van der Waals surface area contributed by atoms with Gasteiger partial charge in [-0.1, -0.05) is 48.5 Å². The second-order valence-electron chi connectivity index (χ2n) is 7.83. The lowest BCUT2D eigenvalue weighted by Gasteiger charge is -2.28. The molecule has 0 radical (unpaired) electrons. The zero-order valence-corrected chi connectivity index (χ0v) is 17.5. The fraction of sp³-hybridized carbons (Fsp3) is 0.111. The Morgan fingerprint density at radius 1 is 0.812 bits per heavy atom. The van der Waals surface area contributed by atoms with Crippen LogP contribution in [0.3, 0.4) is 0 Å². The summed E-state index contributed by atoms with van der Waals surface area (Å²) in [6.45, 7) is 1.14. The first-order valence-electron chi connectivity index (χ1n) is 10.6. The summed E-state index contributed by atoms with van der Waals surface area (Å²) in [5.74, 6) is 0.0642. The molecule has 158 valence electrons. The van der Waals surface area contributed by atoms with E-state index in [0.29, 0.717) is 30.1 Å². The van der Waals surface area contributed by atoms with Crippen molar-refractivity contribution < 1.29 is 14.0 Å². The average Bonchev–Trinajstić information content (AvgIpc) is 3.39. The molecule has 5 heteroatoms. The molecule has 0 atom stereocenters. The highest BCUT2D eigenvalue weighted by molar-refractivity contribution is 6.04. The summed E-state index contributed by atoms with van der Waals surface area (Å²) in [5.41, 5.74) is 5.72.